The number of nitrogens with one attached hydrogen (secondary N) is 2. The molecule has 0 spiro atoms. The van der Waals surface area contributed by atoms with Gasteiger partial charge in [-0.05, 0) is 68.5 Å². The molecule has 0 unspecified atom stereocenters. The van der Waals surface area contributed by atoms with Gasteiger partial charge in [0.15, 0.2) is 0 Å². The van der Waals surface area contributed by atoms with Gasteiger partial charge in [-0.1, -0.05) is 23.3 Å². The number of nitrogens with zero attached hydrogens (tertiary/aromatic N) is 1. The van der Waals surface area contributed by atoms with Crippen LogP contribution in [0, 0.1) is 0 Å². The number of pyridine rings is 1. The topological polar surface area (TPSA) is 71.1 Å². The Balaban J connectivity index is 1.55. The minimum atomic E-state index is -3.65. The number of aromatic nitrogens is 1. The Labute approximate surface area is 159 Å². The fraction of sp³-hybridized carbons (Fsp3) is 0.316. The minimum Gasteiger partial charge on any atom is -0.370 e. The first-order chi connectivity index (χ1) is 12.5. The van der Waals surface area contributed by atoms with Crippen LogP contribution in [0.15, 0.2) is 59.1 Å². The van der Waals surface area contributed by atoms with Crippen molar-refractivity contribution in [2.45, 2.75) is 37.0 Å². The van der Waals surface area contributed by atoms with Crippen LogP contribution in [0.4, 0.5) is 11.5 Å². The summed E-state index contributed by atoms with van der Waals surface area (Å²) in [6, 6.07) is 9.49. The average molecular weight is 392 g/mol. The van der Waals surface area contributed by atoms with Crippen LogP contribution in [-0.2, 0) is 10.0 Å². The van der Waals surface area contributed by atoms with Gasteiger partial charge in [-0.2, -0.15) is 0 Å². The van der Waals surface area contributed by atoms with Crippen LogP contribution in [0.5, 0.6) is 0 Å². The summed E-state index contributed by atoms with van der Waals surface area (Å²) in [5, 5.41) is 3.77. The summed E-state index contributed by atoms with van der Waals surface area (Å²) in [6.07, 6.45) is 9.84. The number of hydrogen-bond donors (Lipinski definition) is 2. The molecule has 3 rings (SSSR count). The Kier molecular flexibility index (Phi) is 6.16. The molecule has 1 aromatic heterocycles. The first-order valence-corrected chi connectivity index (χ1v) is 10.6. The third-order valence-electron chi connectivity index (χ3n) is 4.28. The summed E-state index contributed by atoms with van der Waals surface area (Å²) in [4.78, 5) is 4.43. The molecule has 0 saturated carbocycles. The Bertz CT molecular complexity index is 863. The van der Waals surface area contributed by atoms with Crippen molar-refractivity contribution < 1.29 is 8.42 Å². The molecule has 0 bridgehead atoms. The summed E-state index contributed by atoms with van der Waals surface area (Å²) in [6.45, 7) is 0.828. The molecule has 7 heteroatoms. The number of allylic oxidation sites excluding steroid dienone is 1. The molecule has 0 amide bonds. The van der Waals surface area contributed by atoms with Crippen LogP contribution in [0.1, 0.15) is 32.1 Å². The van der Waals surface area contributed by atoms with Crippen molar-refractivity contribution in [2.24, 2.45) is 0 Å². The normalized spacial score (nSPS) is 14.6. The fourth-order valence-electron chi connectivity index (χ4n) is 2.87. The zero-order valence-corrected chi connectivity index (χ0v) is 16.0. The van der Waals surface area contributed by atoms with Gasteiger partial charge >= 0.3 is 0 Å². The summed E-state index contributed by atoms with van der Waals surface area (Å²) in [5.41, 5.74) is 1.93. The lowest BCUT2D eigenvalue weighted by Gasteiger charge is -2.13. The second kappa shape index (κ2) is 8.56. The van der Waals surface area contributed by atoms with Gasteiger partial charge in [-0.25, -0.2) is 13.4 Å². The van der Waals surface area contributed by atoms with Crippen molar-refractivity contribution >= 4 is 33.1 Å². The highest BCUT2D eigenvalue weighted by atomic mass is 35.5. The zero-order valence-electron chi connectivity index (χ0n) is 14.4. The van der Waals surface area contributed by atoms with Gasteiger partial charge < -0.3 is 5.32 Å². The molecule has 2 N–H and O–H groups in total. The molecule has 0 fully saturated rings. The van der Waals surface area contributed by atoms with Crippen molar-refractivity contribution in [3.05, 3.63) is 59.3 Å². The molecule has 2 aromatic rings. The van der Waals surface area contributed by atoms with E-state index in [1.807, 2.05) is 0 Å². The second-order valence-corrected chi connectivity index (χ2v) is 8.40. The van der Waals surface area contributed by atoms with E-state index in [2.05, 4.69) is 21.1 Å². The molecule has 26 heavy (non-hydrogen) atoms. The minimum absolute atomic E-state index is 0.157. The summed E-state index contributed by atoms with van der Waals surface area (Å²) in [5.74, 6) is 0.732. The molecule has 0 saturated heterocycles. The van der Waals surface area contributed by atoms with Crippen LogP contribution >= 0.6 is 11.6 Å². The van der Waals surface area contributed by atoms with Gasteiger partial charge in [0.25, 0.3) is 10.0 Å². The maximum Gasteiger partial charge on any atom is 0.261 e. The molecule has 1 aliphatic rings. The smallest absolute Gasteiger partial charge is 0.261 e. The predicted molar refractivity (Wildman–Crippen MR) is 106 cm³/mol. The summed E-state index contributed by atoms with van der Waals surface area (Å²) in [7, 11) is -3.65. The van der Waals surface area contributed by atoms with E-state index >= 15 is 0 Å². The van der Waals surface area contributed by atoms with E-state index in [0.29, 0.717) is 10.7 Å². The van der Waals surface area contributed by atoms with Gasteiger partial charge in [-0.3, -0.25) is 4.72 Å². The monoisotopic (exact) mass is 391 g/mol. The number of rotatable bonds is 7. The number of halogens is 1. The first kappa shape index (κ1) is 18.7. The third-order valence-corrected chi connectivity index (χ3v) is 5.93. The Morgan fingerprint density at radius 3 is 2.54 bits per heavy atom. The molecule has 138 valence electrons. The van der Waals surface area contributed by atoms with Gasteiger partial charge in [0.1, 0.15) is 5.82 Å². The van der Waals surface area contributed by atoms with Crippen LogP contribution in [0.3, 0.4) is 0 Å². The van der Waals surface area contributed by atoms with Crippen molar-refractivity contribution in [3.63, 3.8) is 0 Å². The van der Waals surface area contributed by atoms with Crippen LogP contribution < -0.4 is 10.0 Å². The first-order valence-electron chi connectivity index (χ1n) is 8.69. The quantitative estimate of drug-likeness (QED) is 0.662. The predicted octanol–water partition coefficient (Wildman–Crippen LogP) is 4.84. The standard InChI is InChI=1S/C19H22ClN3O2S/c20-16-6-9-18(10-7-16)26(24,25)23-17-8-11-19(22-14-17)21-13-12-15-4-2-1-3-5-15/h4,6-11,14,23H,1-3,5,12-13H2,(H,21,22). The van der Waals surface area contributed by atoms with Crippen molar-refractivity contribution in [1.29, 1.82) is 0 Å². The average Bonchev–Trinajstić information content (AvgIpc) is 2.64. The third kappa shape index (κ3) is 5.22. The molecule has 0 radical (unpaired) electrons. The van der Waals surface area contributed by atoms with E-state index < -0.39 is 10.0 Å². The molecule has 5 nitrogen and oxygen atoms in total. The van der Waals surface area contributed by atoms with Gasteiger partial charge in [0, 0.05) is 11.6 Å². The van der Waals surface area contributed by atoms with Crippen LogP contribution in [0.2, 0.25) is 5.02 Å². The van der Waals surface area contributed by atoms with Crippen molar-refractivity contribution in [2.75, 3.05) is 16.6 Å². The highest BCUT2D eigenvalue weighted by molar-refractivity contribution is 7.92. The highest BCUT2D eigenvalue weighted by Gasteiger charge is 2.14. The SMILES string of the molecule is O=S(=O)(Nc1ccc(NCCC2=CCCCC2)nc1)c1ccc(Cl)cc1. The summed E-state index contributed by atoms with van der Waals surface area (Å²) >= 11 is 5.79. The summed E-state index contributed by atoms with van der Waals surface area (Å²) < 4.78 is 27.2. The number of anilines is 2. The van der Waals surface area contributed by atoms with E-state index in [9.17, 15) is 8.42 Å². The lowest BCUT2D eigenvalue weighted by molar-refractivity contribution is 0.601. The lowest BCUT2D eigenvalue weighted by Crippen LogP contribution is -2.13. The largest absolute Gasteiger partial charge is 0.370 e. The van der Waals surface area contributed by atoms with E-state index in [0.717, 1.165) is 18.8 Å². The van der Waals surface area contributed by atoms with Crippen LogP contribution in [0.25, 0.3) is 0 Å². The van der Waals surface area contributed by atoms with Gasteiger partial charge in [0.05, 0.1) is 16.8 Å². The Hall–Kier alpha value is -2.05. The van der Waals surface area contributed by atoms with Gasteiger partial charge in [-0.15, -0.1) is 0 Å². The van der Waals surface area contributed by atoms with E-state index in [1.54, 1.807) is 24.3 Å². The van der Waals surface area contributed by atoms with E-state index in [4.69, 9.17) is 11.6 Å². The van der Waals surface area contributed by atoms with Crippen molar-refractivity contribution in [1.82, 2.24) is 4.98 Å². The number of hydrogen-bond acceptors (Lipinski definition) is 4. The maximum atomic E-state index is 12.3. The molecule has 1 aliphatic carbocycles. The molecule has 1 aromatic carbocycles. The fourth-order valence-corrected chi connectivity index (χ4v) is 4.04. The molecular weight excluding hydrogens is 370 g/mol. The zero-order chi connectivity index (χ0) is 18.4. The van der Waals surface area contributed by atoms with Gasteiger partial charge in [0.2, 0.25) is 0 Å². The van der Waals surface area contributed by atoms with E-state index in [1.165, 1.54) is 49.6 Å². The lowest BCUT2D eigenvalue weighted by atomic mass is 9.97. The highest BCUT2D eigenvalue weighted by Crippen LogP contribution is 2.21. The number of sulfonamides is 1. The number of benzene rings is 1. The Morgan fingerprint density at radius 2 is 1.88 bits per heavy atom. The molecule has 0 atom stereocenters. The van der Waals surface area contributed by atoms with Crippen molar-refractivity contribution in [3.8, 4) is 0 Å². The Morgan fingerprint density at radius 1 is 1.08 bits per heavy atom. The molecule has 1 heterocycles. The molecular formula is C19H22ClN3O2S. The second-order valence-electron chi connectivity index (χ2n) is 6.28. The van der Waals surface area contributed by atoms with Crippen LogP contribution in [-0.4, -0.2) is 19.9 Å². The maximum absolute atomic E-state index is 12.3. The van der Waals surface area contributed by atoms with E-state index in [-0.39, 0.29) is 4.90 Å². The molecule has 0 aliphatic heterocycles.